The molecule has 1 aliphatic heterocycles. The Bertz CT molecular complexity index is 562. The molecule has 94 valence electrons. The van der Waals surface area contributed by atoms with Crippen molar-refractivity contribution in [3.63, 3.8) is 0 Å². The minimum absolute atomic E-state index is 0.772. The standard InChI is InChI=1S/C13H13BrClN3/c14-13-11-8-16-5-6-18(11)12(17-13)7-9-1-3-10(15)4-2-9/h1-4,16H,5-8H2. The van der Waals surface area contributed by atoms with Crippen LogP contribution in [0.2, 0.25) is 5.02 Å². The summed E-state index contributed by atoms with van der Waals surface area (Å²) in [7, 11) is 0. The highest BCUT2D eigenvalue weighted by atomic mass is 79.9. The van der Waals surface area contributed by atoms with Crippen molar-refractivity contribution in [1.82, 2.24) is 14.9 Å². The van der Waals surface area contributed by atoms with Gasteiger partial charge in [0.1, 0.15) is 10.4 Å². The summed E-state index contributed by atoms with van der Waals surface area (Å²) in [6.45, 7) is 2.87. The van der Waals surface area contributed by atoms with E-state index in [-0.39, 0.29) is 0 Å². The minimum Gasteiger partial charge on any atom is -0.328 e. The smallest absolute Gasteiger partial charge is 0.128 e. The topological polar surface area (TPSA) is 29.9 Å². The zero-order valence-electron chi connectivity index (χ0n) is 9.79. The Labute approximate surface area is 119 Å². The molecule has 1 N–H and O–H groups in total. The molecule has 0 saturated heterocycles. The van der Waals surface area contributed by atoms with Gasteiger partial charge in [-0.25, -0.2) is 4.98 Å². The lowest BCUT2D eigenvalue weighted by molar-refractivity contribution is 0.503. The van der Waals surface area contributed by atoms with Crippen LogP contribution in [0.25, 0.3) is 0 Å². The van der Waals surface area contributed by atoms with Gasteiger partial charge in [-0.15, -0.1) is 0 Å². The van der Waals surface area contributed by atoms with Crippen LogP contribution in [0.3, 0.4) is 0 Å². The van der Waals surface area contributed by atoms with E-state index in [1.807, 2.05) is 12.1 Å². The second-order valence-corrected chi connectivity index (χ2v) is 5.58. The molecular formula is C13H13BrClN3. The summed E-state index contributed by atoms with van der Waals surface area (Å²) in [5.41, 5.74) is 2.48. The van der Waals surface area contributed by atoms with Crippen LogP contribution >= 0.6 is 27.5 Å². The second kappa shape index (κ2) is 5.03. The van der Waals surface area contributed by atoms with Crippen molar-refractivity contribution >= 4 is 27.5 Å². The van der Waals surface area contributed by atoms with Crippen LogP contribution in [0, 0.1) is 0 Å². The van der Waals surface area contributed by atoms with E-state index in [1.54, 1.807) is 0 Å². The van der Waals surface area contributed by atoms with E-state index in [4.69, 9.17) is 11.6 Å². The maximum Gasteiger partial charge on any atom is 0.128 e. The fourth-order valence-electron chi connectivity index (χ4n) is 2.26. The lowest BCUT2D eigenvalue weighted by Crippen LogP contribution is -2.28. The Morgan fingerprint density at radius 1 is 1.33 bits per heavy atom. The van der Waals surface area contributed by atoms with Crippen molar-refractivity contribution in [2.45, 2.75) is 19.5 Å². The molecule has 0 bridgehead atoms. The molecule has 1 aliphatic rings. The predicted molar refractivity (Wildman–Crippen MR) is 75.9 cm³/mol. The summed E-state index contributed by atoms with van der Waals surface area (Å²) in [6, 6.07) is 7.96. The number of fused-ring (bicyclic) bond motifs is 1. The summed E-state index contributed by atoms with van der Waals surface area (Å²) >= 11 is 9.43. The number of hydrogen-bond acceptors (Lipinski definition) is 2. The molecule has 1 aromatic carbocycles. The highest BCUT2D eigenvalue weighted by Crippen LogP contribution is 2.22. The molecule has 3 rings (SSSR count). The van der Waals surface area contributed by atoms with E-state index >= 15 is 0 Å². The molecule has 0 aliphatic carbocycles. The van der Waals surface area contributed by atoms with Gasteiger partial charge in [0.2, 0.25) is 0 Å². The molecule has 5 heteroatoms. The number of nitrogens with zero attached hydrogens (tertiary/aromatic N) is 2. The zero-order chi connectivity index (χ0) is 12.5. The number of aromatic nitrogens is 2. The molecule has 0 radical (unpaired) electrons. The summed E-state index contributed by atoms with van der Waals surface area (Å²) < 4.78 is 3.26. The molecule has 1 aromatic heterocycles. The van der Waals surface area contributed by atoms with Gasteiger partial charge in [-0.2, -0.15) is 0 Å². The van der Waals surface area contributed by atoms with Crippen LogP contribution in [-0.2, 0) is 19.5 Å². The first-order chi connectivity index (χ1) is 8.74. The van der Waals surface area contributed by atoms with E-state index in [0.29, 0.717) is 0 Å². The highest BCUT2D eigenvalue weighted by Gasteiger charge is 2.18. The van der Waals surface area contributed by atoms with Gasteiger partial charge in [-0.1, -0.05) is 23.7 Å². The van der Waals surface area contributed by atoms with Crippen molar-refractivity contribution < 1.29 is 0 Å². The van der Waals surface area contributed by atoms with Crippen molar-refractivity contribution in [2.75, 3.05) is 6.54 Å². The number of nitrogens with one attached hydrogen (secondary N) is 1. The summed E-state index contributed by atoms with van der Waals surface area (Å²) in [4.78, 5) is 4.62. The van der Waals surface area contributed by atoms with E-state index in [1.165, 1.54) is 11.3 Å². The second-order valence-electron chi connectivity index (χ2n) is 4.40. The summed E-state index contributed by atoms with van der Waals surface area (Å²) in [5.74, 6) is 1.11. The summed E-state index contributed by atoms with van der Waals surface area (Å²) in [6.07, 6.45) is 0.843. The maximum atomic E-state index is 5.90. The molecule has 3 nitrogen and oxygen atoms in total. The van der Waals surface area contributed by atoms with Gasteiger partial charge < -0.3 is 9.88 Å². The molecule has 2 heterocycles. The lowest BCUT2D eigenvalue weighted by atomic mass is 10.1. The largest absolute Gasteiger partial charge is 0.328 e. The van der Waals surface area contributed by atoms with Crippen LogP contribution < -0.4 is 5.32 Å². The summed E-state index contributed by atoms with van der Waals surface area (Å²) in [5, 5.41) is 4.13. The third kappa shape index (κ3) is 2.32. The first-order valence-electron chi connectivity index (χ1n) is 5.93. The maximum absolute atomic E-state index is 5.90. The average molecular weight is 327 g/mol. The Morgan fingerprint density at radius 2 is 2.11 bits per heavy atom. The average Bonchev–Trinajstić information content (AvgIpc) is 2.70. The number of halogens is 2. The third-order valence-corrected chi connectivity index (χ3v) is 4.07. The lowest BCUT2D eigenvalue weighted by Gasteiger charge is -2.18. The van der Waals surface area contributed by atoms with Crippen LogP contribution in [0.15, 0.2) is 28.9 Å². The molecule has 18 heavy (non-hydrogen) atoms. The van der Waals surface area contributed by atoms with E-state index in [0.717, 1.165) is 41.5 Å². The van der Waals surface area contributed by atoms with Gasteiger partial charge in [0.05, 0.1) is 5.69 Å². The first-order valence-corrected chi connectivity index (χ1v) is 7.10. The minimum atomic E-state index is 0.772. The number of benzene rings is 1. The monoisotopic (exact) mass is 325 g/mol. The van der Waals surface area contributed by atoms with Crippen molar-refractivity contribution in [3.8, 4) is 0 Å². The Morgan fingerprint density at radius 3 is 2.89 bits per heavy atom. The normalized spacial score (nSPS) is 14.6. The van der Waals surface area contributed by atoms with Crippen molar-refractivity contribution in [1.29, 1.82) is 0 Å². The molecule has 0 saturated carbocycles. The number of rotatable bonds is 2. The number of imidazole rings is 1. The molecule has 2 aromatic rings. The Kier molecular flexibility index (Phi) is 3.41. The van der Waals surface area contributed by atoms with E-state index < -0.39 is 0 Å². The van der Waals surface area contributed by atoms with E-state index in [2.05, 4.69) is 42.9 Å². The highest BCUT2D eigenvalue weighted by molar-refractivity contribution is 9.10. The predicted octanol–water partition coefficient (Wildman–Crippen LogP) is 2.99. The van der Waals surface area contributed by atoms with Crippen LogP contribution in [0.4, 0.5) is 0 Å². The Hall–Kier alpha value is -0.840. The number of hydrogen-bond donors (Lipinski definition) is 1. The van der Waals surface area contributed by atoms with Crippen molar-refractivity contribution in [3.05, 3.63) is 51.0 Å². The van der Waals surface area contributed by atoms with Gasteiger partial charge in [0, 0.05) is 31.1 Å². The molecule has 0 amide bonds. The quantitative estimate of drug-likeness (QED) is 0.919. The van der Waals surface area contributed by atoms with Gasteiger partial charge in [0.15, 0.2) is 0 Å². The first kappa shape index (κ1) is 12.2. The van der Waals surface area contributed by atoms with Gasteiger partial charge in [-0.05, 0) is 33.6 Å². The third-order valence-electron chi connectivity index (χ3n) is 3.18. The molecule has 0 unspecified atom stereocenters. The molecule has 0 atom stereocenters. The van der Waals surface area contributed by atoms with E-state index in [9.17, 15) is 0 Å². The van der Waals surface area contributed by atoms with Gasteiger partial charge in [-0.3, -0.25) is 0 Å². The van der Waals surface area contributed by atoms with Gasteiger partial charge in [0.25, 0.3) is 0 Å². The fourth-order valence-corrected chi connectivity index (χ4v) is 2.94. The molecule has 0 fully saturated rings. The fraction of sp³-hybridized carbons (Fsp3) is 0.308. The van der Waals surface area contributed by atoms with Crippen molar-refractivity contribution in [2.24, 2.45) is 0 Å². The Balaban J connectivity index is 1.91. The molecular weight excluding hydrogens is 314 g/mol. The van der Waals surface area contributed by atoms with Gasteiger partial charge >= 0.3 is 0 Å². The van der Waals surface area contributed by atoms with Crippen LogP contribution in [0.5, 0.6) is 0 Å². The van der Waals surface area contributed by atoms with Crippen LogP contribution in [-0.4, -0.2) is 16.1 Å². The SMILES string of the molecule is Clc1ccc(Cc2nc(Br)c3n2CCNC3)cc1. The zero-order valence-corrected chi connectivity index (χ0v) is 12.1. The van der Waals surface area contributed by atoms with Crippen LogP contribution in [0.1, 0.15) is 17.1 Å². The molecule has 0 spiro atoms.